The summed E-state index contributed by atoms with van der Waals surface area (Å²) in [6.45, 7) is 4.22. The summed E-state index contributed by atoms with van der Waals surface area (Å²) in [6.07, 6.45) is 1.94. The predicted molar refractivity (Wildman–Crippen MR) is 122 cm³/mol. The number of carbonyl (C=O) groups is 1. The van der Waals surface area contributed by atoms with Crippen LogP contribution in [0, 0.1) is 0 Å². The van der Waals surface area contributed by atoms with E-state index in [0.29, 0.717) is 24.5 Å². The first-order chi connectivity index (χ1) is 12.0. The molecule has 1 aromatic carbocycles. The van der Waals surface area contributed by atoms with Crippen LogP contribution in [0.1, 0.15) is 29.8 Å². The van der Waals surface area contributed by atoms with Crippen LogP contribution in [0.4, 0.5) is 0 Å². The van der Waals surface area contributed by atoms with Crippen molar-refractivity contribution >= 4 is 45.7 Å². The van der Waals surface area contributed by atoms with Gasteiger partial charge in [-0.15, -0.1) is 24.0 Å². The number of nitrogens with one attached hydrogen (secondary N) is 2. The Bertz CT molecular complexity index is 762. The van der Waals surface area contributed by atoms with Crippen molar-refractivity contribution in [3.05, 3.63) is 35.4 Å². The molecule has 0 unspecified atom stereocenters. The monoisotopic (exact) mass is 510 g/mol. The molecule has 9 heteroatoms. The molecule has 0 saturated heterocycles. The second-order valence-corrected chi connectivity index (χ2v) is 9.68. The highest BCUT2D eigenvalue weighted by molar-refractivity contribution is 14.0. The number of hydrogen-bond donors (Lipinski definition) is 2. The number of halogens is 1. The lowest BCUT2D eigenvalue weighted by Gasteiger charge is -2.24. The minimum absolute atomic E-state index is 0. The number of rotatable bonds is 7. The average Bonchev–Trinajstić information content (AvgIpc) is 2.56. The van der Waals surface area contributed by atoms with Crippen LogP contribution < -0.4 is 10.6 Å². The molecule has 0 fully saturated rings. The predicted octanol–water partition coefficient (Wildman–Crippen LogP) is 1.54. The SMILES string of the molecule is CN=C(NCCc1cccc(C(=O)N(C)C)c1)NCC(C)(C)S(C)(=O)=O.I. The molecule has 0 radical (unpaired) electrons. The molecule has 0 aliphatic rings. The summed E-state index contributed by atoms with van der Waals surface area (Å²) in [5.74, 6) is 0.516. The maximum atomic E-state index is 12.0. The lowest BCUT2D eigenvalue weighted by atomic mass is 10.1. The molecule has 0 aromatic heterocycles. The van der Waals surface area contributed by atoms with Crippen LogP contribution in [0.2, 0.25) is 0 Å². The van der Waals surface area contributed by atoms with Gasteiger partial charge in [0.25, 0.3) is 5.91 Å². The summed E-state index contributed by atoms with van der Waals surface area (Å²) in [4.78, 5) is 17.7. The van der Waals surface area contributed by atoms with E-state index in [1.807, 2.05) is 18.2 Å². The fourth-order valence-corrected chi connectivity index (χ4v) is 2.43. The molecule has 0 saturated carbocycles. The van der Waals surface area contributed by atoms with Gasteiger partial charge < -0.3 is 15.5 Å². The van der Waals surface area contributed by atoms with Gasteiger partial charge in [0.15, 0.2) is 15.8 Å². The molecule has 154 valence electrons. The number of sulfone groups is 1. The van der Waals surface area contributed by atoms with Crippen LogP contribution in [0.5, 0.6) is 0 Å². The molecule has 0 aliphatic carbocycles. The van der Waals surface area contributed by atoms with Gasteiger partial charge in [-0.05, 0) is 38.0 Å². The Labute approximate surface area is 179 Å². The molecule has 7 nitrogen and oxygen atoms in total. The first kappa shape index (κ1) is 25.6. The average molecular weight is 510 g/mol. The second kappa shape index (κ2) is 10.8. The standard InChI is InChI=1S/C18H30N4O3S.HI/c1-18(2,26(6,24)25)13-21-17(19-3)20-11-10-14-8-7-9-15(12-14)16(23)22(4)5;/h7-9,12H,10-11,13H2,1-6H3,(H2,19,20,21);1H. The first-order valence-electron chi connectivity index (χ1n) is 8.42. The summed E-state index contributed by atoms with van der Waals surface area (Å²) in [5, 5.41) is 6.21. The molecular weight excluding hydrogens is 479 g/mol. The zero-order valence-electron chi connectivity index (χ0n) is 16.9. The van der Waals surface area contributed by atoms with E-state index in [1.165, 1.54) is 6.26 Å². The third-order valence-electron chi connectivity index (χ3n) is 4.20. The molecule has 1 aromatic rings. The molecule has 1 amide bonds. The number of benzene rings is 1. The van der Waals surface area contributed by atoms with Gasteiger partial charge >= 0.3 is 0 Å². The van der Waals surface area contributed by atoms with Gasteiger partial charge in [-0.2, -0.15) is 0 Å². The first-order valence-corrected chi connectivity index (χ1v) is 10.3. The molecule has 2 N–H and O–H groups in total. The highest BCUT2D eigenvalue weighted by Crippen LogP contribution is 2.13. The summed E-state index contributed by atoms with van der Waals surface area (Å²) >= 11 is 0. The summed E-state index contributed by atoms with van der Waals surface area (Å²) in [7, 11) is 1.92. The van der Waals surface area contributed by atoms with Crippen LogP contribution in [0.15, 0.2) is 29.3 Å². The Morgan fingerprint density at radius 2 is 1.85 bits per heavy atom. The zero-order valence-corrected chi connectivity index (χ0v) is 20.0. The molecule has 0 aliphatic heterocycles. The number of guanidine groups is 1. The van der Waals surface area contributed by atoms with Gasteiger partial charge in [-0.1, -0.05) is 12.1 Å². The van der Waals surface area contributed by atoms with Crippen LogP contribution in [0.25, 0.3) is 0 Å². The van der Waals surface area contributed by atoms with E-state index in [4.69, 9.17) is 0 Å². The van der Waals surface area contributed by atoms with Crippen molar-refractivity contribution in [3.8, 4) is 0 Å². The van der Waals surface area contributed by atoms with Crippen molar-refractivity contribution in [1.82, 2.24) is 15.5 Å². The van der Waals surface area contributed by atoms with Crippen LogP contribution in [0.3, 0.4) is 0 Å². The molecule has 0 atom stereocenters. The van der Waals surface area contributed by atoms with Crippen molar-refractivity contribution in [3.63, 3.8) is 0 Å². The van der Waals surface area contributed by atoms with E-state index in [9.17, 15) is 13.2 Å². The molecular formula is C18H31IN4O3S. The van der Waals surface area contributed by atoms with Crippen molar-refractivity contribution in [2.75, 3.05) is 40.5 Å². The van der Waals surface area contributed by atoms with Crippen molar-refractivity contribution < 1.29 is 13.2 Å². The number of amides is 1. The van der Waals surface area contributed by atoms with E-state index in [-0.39, 0.29) is 36.4 Å². The highest BCUT2D eigenvalue weighted by atomic mass is 127. The topological polar surface area (TPSA) is 90.9 Å². The van der Waals surface area contributed by atoms with Gasteiger partial charge in [0.05, 0.1) is 4.75 Å². The molecule has 1 rings (SSSR count). The Morgan fingerprint density at radius 3 is 2.37 bits per heavy atom. The molecule has 0 bridgehead atoms. The fourth-order valence-electron chi connectivity index (χ4n) is 2.09. The largest absolute Gasteiger partial charge is 0.356 e. The van der Waals surface area contributed by atoms with Gasteiger partial charge in [0.1, 0.15) is 0 Å². The summed E-state index contributed by atoms with van der Waals surface area (Å²) in [5.41, 5.74) is 1.70. The maximum absolute atomic E-state index is 12.0. The van der Waals surface area contributed by atoms with Crippen molar-refractivity contribution in [2.45, 2.75) is 25.0 Å². The van der Waals surface area contributed by atoms with E-state index < -0.39 is 14.6 Å². The normalized spacial score (nSPS) is 12.1. The molecule has 0 heterocycles. The third kappa shape index (κ3) is 8.04. The van der Waals surface area contributed by atoms with Gasteiger partial charge in [0.2, 0.25) is 0 Å². The minimum Gasteiger partial charge on any atom is -0.356 e. The van der Waals surface area contributed by atoms with Gasteiger partial charge in [-0.3, -0.25) is 9.79 Å². The fraction of sp³-hybridized carbons (Fsp3) is 0.556. The number of carbonyl (C=O) groups excluding carboxylic acids is 1. The number of nitrogens with zero attached hydrogens (tertiary/aromatic N) is 2. The van der Waals surface area contributed by atoms with E-state index in [1.54, 1.807) is 46.0 Å². The number of aliphatic imine (C=N–C) groups is 1. The van der Waals surface area contributed by atoms with E-state index >= 15 is 0 Å². The van der Waals surface area contributed by atoms with Crippen molar-refractivity contribution in [2.24, 2.45) is 4.99 Å². The highest BCUT2D eigenvalue weighted by Gasteiger charge is 2.30. The van der Waals surface area contributed by atoms with E-state index in [2.05, 4.69) is 15.6 Å². The Balaban J connectivity index is 0.00000676. The second-order valence-electron chi connectivity index (χ2n) is 7.03. The minimum atomic E-state index is -3.17. The Hall–Kier alpha value is -1.36. The van der Waals surface area contributed by atoms with Gasteiger partial charge in [-0.25, -0.2) is 8.42 Å². The summed E-state index contributed by atoms with van der Waals surface area (Å²) < 4.78 is 22.6. The quantitative estimate of drug-likeness (QED) is 0.330. The Morgan fingerprint density at radius 1 is 1.22 bits per heavy atom. The smallest absolute Gasteiger partial charge is 0.253 e. The zero-order chi connectivity index (χ0) is 20.0. The molecule has 27 heavy (non-hydrogen) atoms. The van der Waals surface area contributed by atoms with Crippen molar-refractivity contribution in [1.29, 1.82) is 0 Å². The third-order valence-corrected chi connectivity index (χ3v) is 6.35. The number of hydrogen-bond acceptors (Lipinski definition) is 4. The van der Waals surface area contributed by atoms with Crippen LogP contribution in [-0.2, 0) is 16.3 Å². The summed E-state index contributed by atoms with van der Waals surface area (Å²) in [6, 6.07) is 7.52. The van der Waals surface area contributed by atoms with Gasteiger partial charge in [0, 0.05) is 46.1 Å². The van der Waals surface area contributed by atoms with Crippen LogP contribution in [-0.4, -0.2) is 70.4 Å². The maximum Gasteiger partial charge on any atom is 0.253 e. The van der Waals surface area contributed by atoms with E-state index in [0.717, 1.165) is 5.56 Å². The Kier molecular flexibility index (Phi) is 10.3. The lowest BCUT2D eigenvalue weighted by Crippen LogP contribution is -2.48. The molecule has 0 spiro atoms. The van der Waals surface area contributed by atoms with Crippen LogP contribution >= 0.6 is 24.0 Å². The lowest BCUT2D eigenvalue weighted by molar-refractivity contribution is 0.0827.